The number of nitrogens with two attached hydrogens (primary N) is 1. The Morgan fingerprint density at radius 1 is 1.38 bits per heavy atom. The first-order valence-electron chi connectivity index (χ1n) is 8.35. The van der Waals surface area contributed by atoms with Gasteiger partial charge in [0, 0.05) is 11.9 Å². The minimum absolute atomic E-state index is 0.0147. The lowest BCUT2D eigenvalue weighted by molar-refractivity contribution is 0.0921. The van der Waals surface area contributed by atoms with Crippen LogP contribution in [0, 0.1) is 0 Å². The first-order chi connectivity index (χ1) is 11.5. The summed E-state index contributed by atoms with van der Waals surface area (Å²) in [6.45, 7) is 3.85. The van der Waals surface area contributed by atoms with Gasteiger partial charge in [0.05, 0.1) is 12.1 Å². The van der Waals surface area contributed by atoms with Crippen molar-refractivity contribution in [3.05, 3.63) is 53.3 Å². The molecule has 3 N–H and O–H groups in total. The Morgan fingerprint density at radius 2 is 2.21 bits per heavy atom. The highest BCUT2D eigenvalue weighted by molar-refractivity contribution is 5.95. The molecule has 0 radical (unpaired) electrons. The number of pyridine rings is 1. The van der Waals surface area contributed by atoms with E-state index in [1.807, 2.05) is 32.0 Å². The average molecular weight is 325 g/mol. The molecular weight excluding hydrogens is 302 g/mol. The summed E-state index contributed by atoms with van der Waals surface area (Å²) in [4.78, 5) is 16.9. The molecule has 0 spiro atoms. The van der Waals surface area contributed by atoms with E-state index in [0.717, 1.165) is 30.5 Å². The molecule has 5 nitrogen and oxygen atoms in total. The lowest BCUT2D eigenvalue weighted by Crippen LogP contribution is -2.32. The second kappa shape index (κ2) is 6.91. The summed E-state index contributed by atoms with van der Waals surface area (Å²) in [5, 5.41) is 3.10. The smallest absolute Gasteiger partial charge is 0.274 e. The van der Waals surface area contributed by atoms with Crippen LogP contribution in [0.4, 0.5) is 5.69 Å². The molecule has 1 atom stereocenters. The fourth-order valence-corrected chi connectivity index (χ4v) is 3.12. The number of nitrogens with zero attached hydrogens (tertiary/aromatic N) is 1. The van der Waals surface area contributed by atoms with Gasteiger partial charge in [-0.15, -0.1) is 0 Å². The summed E-state index contributed by atoms with van der Waals surface area (Å²) >= 11 is 0. The van der Waals surface area contributed by atoms with Crippen LogP contribution in [0.1, 0.15) is 54.3 Å². The number of hydrogen-bond acceptors (Lipinski definition) is 4. The summed E-state index contributed by atoms with van der Waals surface area (Å²) in [6, 6.07) is 9.43. The van der Waals surface area contributed by atoms with E-state index < -0.39 is 0 Å². The number of aromatic nitrogens is 1. The van der Waals surface area contributed by atoms with E-state index >= 15 is 0 Å². The summed E-state index contributed by atoms with van der Waals surface area (Å²) in [7, 11) is 0. The van der Waals surface area contributed by atoms with Crippen LogP contribution in [0.15, 0.2) is 36.5 Å². The van der Waals surface area contributed by atoms with Crippen LogP contribution < -0.4 is 15.8 Å². The van der Waals surface area contributed by atoms with Crippen molar-refractivity contribution in [1.82, 2.24) is 10.3 Å². The van der Waals surface area contributed by atoms with E-state index in [9.17, 15) is 4.79 Å². The largest absolute Gasteiger partial charge is 0.489 e. The van der Waals surface area contributed by atoms with Gasteiger partial charge in [0.1, 0.15) is 0 Å². The van der Waals surface area contributed by atoms with E-state index in [-0.39, 0.29) is 18.1 Å². The number of aryl methyl sites for hydroxylation is 1. The van der Waals surface area contributed by atoms with Gasteiger partial charge < -0.3 is 15.8 Å². The molecule has 1 unspecified atom stereocenters. The fourth-order valence-electron chi connectivity index (χ4n) is 3.12. The topological polar surface area (TPSA) is 77.2 Å². The summed E-state index contributed by atoms with van der Waals surface area (Å²) in [5.74, 6) is 0.305. The van der Waals surface area contributed by atoms with E-state index in [4.69, 9.17) is 10.5 Å². The van der Waals surface area contributed by atoms with Crippen LogP contribution in [0.3, 0.4) is 0 Å². The third-order valence-corrected chi connectivity index (χ3v) is 4.14. The van der Waals surface area contributed by atoms with E-state index in [0.29, 0.717) is 11.4 Å². The highest BCUT2D eigenvalue weighted by atomic mass is 16.5. The van der Waals surface area contributed by atoms with Crippen molar-refractivity contribution in [2.24, 2.45) is 0 Å². The number of anilines is 1. The van der Waals surface area contributed by atoms with Crippen LogP contribution in [0.25, 0.3) is 0 Å². The Balaban J connectivity index is 1.82. The predicted molar refractivity (Wildman–Crippen MR) is 94.0 cm³/mol. The van der Waals surface area contributed by atoms with Crippen LogP contribution in [0.5, 0.6) is 5.75 Å². The van der Waals surface area contributed by atoms with Crippen molar-refractivity contribution in [3.63, 3.8) is 0 Å². The predicted octanol–water partition coefficient (Wildman–Crippen LogP) is 3.26. The molecule has 0 saturated heterocycles. The zero-order chi connectivity index (χ0) is 17.1. The van der Waals surface area contributed by atoms with Crippen molar-refractivity contribution in [2.45, 2.75) is 45.3 Å². The zero-order valence-corrected chi connectivity index (χ0v) is 14.1. The number of rotatable bonds is 4. The van der Waals surface area contributed by atoms with E-state index in [1.165, 1.54) is 5.56 Å². The molecule has 0 saturated carbocycles. The molecular formula is C19H23N3O2. The molecule has 3 rings (SSSR count). The molecule has 126 valence electrons. The molecule has 1 heterocycles. The van der Waals surface area contributed by atoms with Gasteiger partial charge in [-0.25, -0.2) is 4.98 Å². The minimum Gasteiger partial charge on any atom is -0.489 e. The molecule has 1 aliphatic carbocycles. The number of nitrogens with one attached hydrogen (secondary N) is 1. The van der Waals surface area contributed by atoms with Gasteiger partial charge in [-0.1, -0.05) is 6.07 Å². The number of hydrogen-bond donors (Lipinski definition) is 2. The van der Waals surface area contributed by atoms with Crippen LogP contribution in [-0.4, -0.2) is 17.0 Å². The monoisotopic (exact) mass is 325 g/mol. The molecule has 1 aromatic carbocycles. The Bertz CT molecular complexity index is 743. The standard InChI is InChI=1S/C19H23N3O2/c1-12(2)24-17-7-4-10-21-18(17)19(23)22-16-6-3-5-13-11-14(20)8-9-15(13)16/h4,7-12,16H,3,5-6,20H2,1-2H3,(H,22,23). The van der Waals surface area contributed by atoms with Crippen molar-refractivity contribution in [3.8, 4) is 5.75 Å². The normalized spacial score (nSPS) is 16.5. The van der Waals surface area contributed by atoms with Crippen molar-refractivity contribution >= 4 is 11.6 Å². The molecule has 5 heteroatoms. The summed E-state index contributed by atoms with van der Waals surface area (Å²) in [6.07, 6.45) is 4.53. The second-order valence-electron chi connectivity index (χ2n) is 6.39. The van der Waals surface area contributed by atoms with Gasteiger partial charge in [0.25, 0.3) is 5.91 Å². The number of fused-ring (bicyclic) bond motifs is 1. The molecule has 0 fully saturated rings. The maximum absolute atomic E-state index is 12.7. The SMILES string of the molecule is CC(C)Oc1cccnc1C(=O)NC1CCCc2cc(N)ccc21. The average Bonchev–Trinajstić information content (AvgIpc) is 2.54. The number of benzene rings is 1. The van der Waals surface area contributed by atoms with Crippen LogP contribution >= 0.6 is 0 Å². The van der Waals surface area contributed by atoms with Crippen molar-refractivity contribution < 1.29 is 9.53 Å². The summed E-state index contributed by atoms with van der Waals surface area (Å²) in [5.41, 5.74) is 9.32. The first-order valence-corrected chi connectivity index (χ1v) is 8.35. The van der Waals surface area contributed by atoms with Gasteiger partial charge in [-0.2, -0.15) is 0 Å². The lowest BCUT2D eigenvalue weighted by Gasteiger charge is -2.27. The van der Waals surface area contributed by atoms with Gasteiger partial charge in [-0.3, -0.25) is 4.79 Å². The fraction of sp³-hybridized carbons (Fsp3) is 0.368. The molecule has 1 amide bonds. The highest BCUT2D eigenvalue weighted by Crippen LogP contribution is 2.31. The third-order valence-electron chi connectivity index (χ3n) is 4.14. The second-order valence-corrected chi connectivity index (χ2v) is 6.39. The van der Waals surface area contributed by atoms with Crippen molar-refractivity contribution in [2.75, 3.05) is 5.73 Å². The lowest BCUT2D eigenvalue weighted by atomic mass is 9.87. The number of nitrogen functional groups attached to an aromatic ring is 1. The first kappa shape index (κ1) is 16.3. The maximum atomic E-state index is 12.7. The van der Waals surface area contributed by atoms with Crippen LogP contribution in [0.2, 0.25) is 0 Å². The number of amides is 1. The van der Waals surface area contributed by atoms with Gasteiger partial charge in [-0.05, 0) is 68.5 Å². The van der Waals surface area contributed by atoms with E-state index in [2.05, 4.69) is 10.3 Å². The number of carbonyl (C=O) groups is 1. The number of carbonyl (C=O) groups excluding carboxylic acids is 1. The molecule has 1 aliphatic rings. The van der Waals surface area contributed by atoms with Gasteiger partial charge in [0.2, 0.25) is 0 Å². The highest BCUT2D eigenvalue weighted by Gasteiger charge is 2.24. The Morgan fingerprint density at radius 3 is 3.00 bits per heavy atom. The quantitative estimate of drug-likeness (QED) is 0.846. The Kier molecular flexibility index (Phi) is 4.69. The Labute approximate surface area is 142 Å². The molecule has 0 aliphatic heterocycles. The maximum Gasteiger partial charge on any atom is 0.274 e. The minimum atomic E-state index is -0.207. The molecule has 2 aromatic rings. The molecule has 0 bridgehead atoms. The third kappa shape index (κ3) is 3.50. The van der Waals surface area contributed by atoms with Crippen LogP contribution in [-0.2, 0) is 6.42 Å². The molecule has 24 heavy (non-hydrogen) atoms. The van der Waals surface area contributed by atoms with Crippen molar-refractivity contribution in [1.29, 1.82) is 0 Å². The number of ether oxygens (including phenoxy) is 1. The van der Waals surface area contributed by atoms with Gasteiger partial charge in [0.15, 0.2) is 11.4 Å². The zero-order valence-electron chi connectivity index (χ0n) is 14.1. The Hall–Kier alpha value is -2.56. The van der Waals surface area contributed by atoms with E-state index in [1.54, 1.807) is 18.3 Å². The van der Waals surface area contributed by atoms with Gasteiger partial charge >= 0.3 is 0 Å². The summed E-state index contributed by atoms with van der Waals surface area (Å²) < 4.78 is 5.70. The molecule has 1 aromatic heterocycles.